The number of nitriles is 4. The normalized spacial score (nSPS) is 12.2. The summed E-state index contributed by atoms with van der Waals surface area (Å²) in [4.78, 5) is 45.5. The Hall–Kier alpha value is -7.70. The highest BCUT2D eigenvalue weighted by Crippen LogP contribution is 2.43. The van der Waals surface area contributed by atoms with Crippen molar-refractivity contribution in [1.82, 2.24) is 0 Å². The van der Waals surface area contributed by atoms with Gasteiger partial charge in [-0.05, 0) is 137 Å². The summed E-state index contributed by atoms with van der Waals surface area (Å²) in [6.45, 7) is 16.8. The largest absolute Gasteiger partial charge is 0.494 e. The maximum atomic E-state index is 14.5. The molecular weight excluding hydrogens is 1820 g/mol. The van der Waals surface area contributed by atoms with Crippen molar-refractivity contribution in [3.63, 3.8) is 0 Å². The third kappa shape index (κ3) is 24.7. The molecule has 1 fully saturated rings. The van der Waals surface area contributed by atoms with Gasteiger partial charge in [0, 0.05) is 68.3 Å². The Balaban J connectivity index is 0.000000235. The predicted octanol–water partition coefficient (Wildman–Crippen LogP) is 20.8. The number of ether oxygens (including phenoxy) is 3. The maximum absolute atomic E-state index is 14.5. The smallest absolute Gasteiger partial charge is 0.450 e. The van der Waals surface area contributed by atoms with Crippen LogP contribution in [0.15, 0.2) is 95.2 Å². The molecule has 560 valence electrons. The van der Waals surface area contributed by atoms with E-state index >= 15 is 0 Å². The van der Waals surface area contributed by atoms with Gasteiger partial charge < -0.3 is 23.5 Å². The summed E-state index contributed by atoms with van der Waals surface area (Å²) in [7, 11) is -4.38. The third-order valence-corrected chi connectivity index (χ3v) is 20.4. The molecule has 1 aliphatic rings. The molecule has 1 aliphatic heterocycles. The summed E-state index contributed by atoms with van der Waals surface area (Å²) in [5, 5.41) is 46.1. The van der Waals surface area contributed by atoms with E-state index in [1.165, 1.54) is 48.5 Å². The van der Waals surface area contributed by atoms with Crippen LogP contribution in [0.3, 0.4) is 0 Å². The molecule has 0 aliphatic carbocycles. The Kier molecular flexibility index (Phi) is 32.6. The average molecular weight is 1870 g/mol. The second-order valence-corrected chi connectivity index (χ2v) is 33.1. The van der Waals surface area contributed by atoms with Crippen molar-refractivity contribution in [3.05, 3.63) is 181 Å². The van der Waals surface area contributed by atoms with E-state index in [-0.39, 0.29) is 86.8 Å². The van der Waals surface area contributed by atoms with Crippen LogP contribution >= 0.6 is 114 Å². The lowest BCUT2D eigenvalue weighted by Gasteiger charge is -2.33. The number of carbonyl (C=O) groups is 4. The molecule has 4 heterocycles. The monoisotopic (exact) mass is 1870 g/mol. The van der Waals surface area contributed by atoms with Crippen molar-refractivity contribution in [1.29, 1.82) is 21.0 Å². The molecule has 3 amide bonds. The lowest BCUT2D eigenvalue weighted by molar-refractivity contribution is 0.0344. The fourth-order valence-corrected chi connectivity index (χ4v) is 14.6. The van der Waals surface area contributed by atoms with Crippen molar-refractivity contribution in [2.24, 2.45) is 5.41 Å². The third-order valence-electron chi connectivity index (χ3n) is 13.0. The summed E-state index contributed by atoms with van der Waals surface area (Å²) in [5.41, 5.74) is -0.685. The van der Waals surface area contributed by atoms with Gasteiger partial charge in [0.05, 0.1) is 68.3 Å². The zero-order valence-corrected chi connectivity index (χ0v) is 67.9. The number of fused-ring (bicyclic) bond motifs is 3. The predicted molar refractivity (Wildman–Crippen MR) is 403 cm³/mol. The molecule has 1 saturated heterocycles. The maximum Gasteiger partial charge on any atom is 0.494 e. The van der Waals surface area contributed by atoms with Crippen LogP contribution in [-0.2, 0) is 50.8 Å². The van der Waals surface area contributed by atoms with Gasteiger partial charge >= 0.3 is 25.4 Å². The Morgan fingerprint density at radius 1 is 0.557 bits per heavy atom. The number of hydrogen-bond donors (Lipinski definition) is 3. The molecular formula is C68H56BBr5F9N7O12S4. The summed E-state index contributed by atoms with van der Waals surface area (Å²) in [6.07, 6.45) is -1.08. The Morgan fingerprint density at radius 3 is 1.30 bits per heavy atom. The molecule has 3 aromatic heterocycles. The fourth-order valence-electron chi connectivity index (χ4n) is 8.50. The minimum atomic E-state index is -3.68. The molecule has 6 aromatic carbocycles. The van der Waals surface area contributed by atoms with Crippen LogP contribution in [0, 0.1) is 103 Å². The Morgan fingerprint density at radius 2 is 0.915 bits per heavy atom. The van der Waals surface area contributed by atoms with Crippen LogP contribution in [0.2, 0.25) is 0 Å². The van der Waals surface area contributed by atoms with Crippen LogP contribution in [0.4, 0.5) is 68.9 Å². The molecule has 0 radical (unpaired) electrons. The molecule has 0 unspecified atom stereocenters. The number of thiophene rings is 3. The highest BCUT2D eigenvalue weighted by molar-refractivity contribution is 9.11. The fraction of sp³-hybridized carbons (Fsp3) is 0.265. The molecule has 38 heteroatoms. The van der Waals surface area contributed by atoms with Gasteiger partial charge in [-0.25, -0.2) is 53.9 Å². The molecule has 9 aromatic rings. The summed E-state index contributed by atoms with van der Waals surface area (Å²) < 4.78 is 174. The molecule has 0 spiro atoms. The second-order valence-electron chi connectivity index (χ2n) is 24.1. The number of carbonyl (C=O) groups excluding carboxylic acids is 4. The molecule has 0 saturated carbocycles. The van der Waals surface area contributed by atoms with Gasteiger partial charge in [-0.3, -0.25) is 24.9 Å². The van der Waals surface area contributed by atoms with Crippen molar-refractivity contribution in [3.8, 4) is 24.3 Å². The summed E-state index contributed by atoms with van der Waals surface area (Å²) in [5.74, 6) is -7.53. The number of rotatable bonds is 10. The molecule has 106 heavy (non-hydrogen) atoms. The van der Waals surface area contributed by atoms with E-state index < -0.39 is 106 Å². The highest BCUT2D eigenvalue weighted by Gasteiger charge is 2.37. The van der Waals surface area contributed by atoms with E-state index in [9.17, 15) is 82.9 Å². The number of nitrogens with one attached hydrogen (secondary N) is 3. The van der Waals surface area contributed by atoms with E-state index in [2.05, 4.69) is 106 Å². The quantitative estimate of drug-likeness (QED) is 0.0286. The van der Waals surface area contributed by atoms with E-state index in [4.69, 9.17) is 28.8 Å². The number of aldehydes is 1. The summed E-state index contributed by atoms with van der Waals surface area (Å²) in [6, 6.07) is 23.2. The molecule has 19 nitrogen and oxygen atoms in total. The first-order valence-electron chi connectivity index (χ1n) is 29.9. The lowest BCUT2D eigenvalue weighted by Crippen LogP contribution is -2.47. The molecule has 3 N–H and O–H groups in total. The van der Waals surface area contributed by atoms with Gasteiger partial charge in [0.2, 0.25) is 0 Å². The number of hydrogen-bond acceptors (Lipinski definition) is 19. The molecule has 0 bridgehead atoms. The first-order valence-corrected chi connectivity index (χ1v) is 38.2. The van der Waals surface area contributed by atoms with E-state index in [0.717, 1.165) is 58.5 Å². The van der Waals surface area contributed by atoms with Crippen molar-refractivity contribution in [2.75, 3.05) is 42.0 Å². The number of halogens is 14. The lowest BCUT2D eigenvalue weighted by atomic mass is 9.73. The Bertz CT molecular complexity index is 5110. The van der Waals surface area contributed by atoms with Gasteiger partial charge in [0.1, 0.15) is 61.9 Å². The number of benzene rings is 6. The standard InChI is InChI=1S/C19H22BFN2O4S.C14H12BrFN2O2S.C12H8BrFN2O2S.C8H4BrF2N.C8H7BrF2O3S.C7H3BrF2O/c1-18(2,3)27-17(24)23-16-11(8-22)14-12(6-7-13(21)15(14)28-16)20-25-9-19(4,5)10-26-20;1-14(2,3)20-13(19)18-12-7(6-17)10-8(15)4-5-9(16)11(10)21-12;1-2-18-12(17)16-11-6(5-15)9-7(13)3-4-8(14)10(9)19-11;9-6-1-2-7(10)8(11)5(6)3-4-12;1-15(12,13)14-4-5-6(9)2-3-7(10)8(5)11;8-5-1-2-6(9)7(10)4(5)3-11/h6-7H,9-10H2,1-5H3,(H,23,24);4-5H,1-3H3,(H,18,19);3-4H,2H2,1H3,(H,16,17);1-2H,3H2;2-3H,4H2,1H3;1-3H. The van der Waals surface area contributed by atoms with E-state index in [1.807, 2.05) is 26.0 Å². The van der Waals surface area contributed by atoms with Crippen LogP contribution < -0.4 is 21.4 Å². The number of anilines is 3. The highest BCUT2D eigenvalue weighted by atomic mass is 79.9. The van der Waals surface area contributed by atoms with Crippen LogP contribution in [0.1, 0.15) is 100 Å². The molecule has 10 rings (SSSR count). The van der Waals surface area contributed by atoms with Crippen LogP contribution in [-0.4, -0.2) is 77.4 Å². The van der Waals surface area contributed by atoms with Crippen LogP contribution in [0.25, 0.3) is 30.3 Å². The minimum absolute atomic E-state index is 0.0671. The molecule has 0 atom stereocenters. The Labute approximate surface area is 655 Å². The van der Waals surface area contributed by atoms with Crippen molar-refractivity contribution in [2.45, 2.75) is 86.5 Å². The first-order chi connectivity index (χ1) is 49.4. The number of nitrogens with zero attached hydrogens (tertiary/aromatic N) is 4. The van der Waals surface area contributed by atoms with Crippen LogP contribution in [0.5, 0.6) is 0 Å². The average Bonchev–Trinajstić information content (AvgIpc) is 1.61. The number of amides is 3. The van der Waals surface area contributed by atoms with Gasteiger partial charge in [0.15, 0.2) is 41.2 Å². The van der Waals surface area contributed by atoms with E-state index in [0.29, 0.717) is 57.7 Å². The zero-order valence-electron chi connectivity index (χ0n) is 56.7. The van der Waals surface area contributed by atoms with Gasteiger partial charge in [0.25, 0.3) is 10.1 Å². The SMILES string of the molecule is CC(C)(C)OC(=O)Nc1sc2c(F)ccc(Br)c2c1C#N.CC1(C)COB(c2ccc(F)c3sc(NC(=O)OC(C)(C)C)c(C#N)c23)OC1.CCOC(=O)Nc1sc2c(F)ccc(Br)c2c1C#N.CS(=O)(=O)OCc1c(Br)ccc(F)c1F.N#CCc1c(Br)ccc(F)c1F.O=Cc1c(Br)ccc(F)c1F. The van der Waals surface area contributed by atoms with Gasteiger partial charge in [-0.1, -0.05) is 83.6 Å². The van der Waals surface area contributed by atoms with E-state index in [1.54, 1.807) is 60.6 Å². The second kappa shape index (κ2) is 38.9. The van der Waals surface area contributed by atoms with Gasteiger partial charge in [-0.15, -0.1) is 34.0 Å². The zero-order chi connectivity index (χ0) is 79.7. The van der Waals surface area contributed by atoms with Gasteiger partial charge in [-0.2, -0.15) is 29.5 Å². The first kappa shape index (κ1) is 88.9. The van der Waals surface area contributed by atoms with Crippen molar-refractivity contribution >= 4 is 206 Å². The minimum Gasteiger partial charge on any atom is -0.450 e. The van der Waals surface area contributed by atoms with Crippen molar-refractivity contribution < 1.29 is 94.8 Å². The topological polar surface area (TPSA) is 289 Å². The summed E-state index contributed by atoms with van der Waals surface area (Å²) >= 11 is 18.5.